The van der Waals surface area contributed by atoms with Crippen LogP contribution in [0.4, 0.5) is 0 Å². The van der Waals surface area contributed by atoms with Gasteiger partial charge in [-0.15, -0.1) is 0 Å². The van der Waals surface area contributed by atoms with E-state index >= 15 is 0 Å². The summed E-state index contributed by atoms with van der Waals surface area (Å²) >= 11 is 0. The second-order valence-electron chi connectivity index (χ2n) is 5.16. The Labute approximate surface area is 99.2 Å². The molecular formula is C12H24O3S. The van der Waals surface area contributed by atoms with Crippen LogP contribution >= 0.6 is 0 Å². The zero-order valence-electron chi connectivity index (χ0n) is 10.4. The van der Waals surface area contributed by atoms with E-state index in [-0.39, 0.29) is 11.4 Å². The van der Waals surface area contributed by atoms with Crippen LogP contribution in [-0.4, -0.2) is 31.1 Å². The Hall–Kier alpha value is -0.0900. The lowest BCUT2D eigenvalue weighted by Crippen LogP contribution is -2.29. The van der Waals surface area contributed by atoms with Gasteiger partial charge in [0, 0.05) is 6.26 Å². The highest BCUT2D eigenvalue weighted by Gasteiger charge is 2.29. The van der Waals surface area contributed by atoms with Crippen molar-refractivity contribution in [1.82, 2.24) is 0 Å². The lowest BCUT2D eigenvalue weighted by Gasteiger charge is -2.29. The Bertz CT molecular complexity index is 297. The molecule has 0 amide bonds. The van der Waals surface area contributed by atoms with Crippen molar-refractivity contribution in [2.45, 2.75) is 63.2 Å². The van der Waals surface area contributed by atoms with E-state index in [0.717, 1.165) is 44.9 Å². The molecule has 1 rings (SSSR count). The summed E-state index contributed by atoms with van der Waals surface area (Å²) in [6.45, 7) is 2.06. The number of hydrogen-bond donors (Lipinski definition) is 1. The molecule has 4 heteroatoms. The molecule has 0 bridgehead atoms. The SMILES string of the molecule is CCCC(O)CC1CCCC(S(C)(=O)=O)C1. The van der Waals surface area contributed by atoms with Crippen molar-refractivity contribution in [3.8, 4) is 0 Å². The third-order valence-electron chi connectivity index (χ3n) is 3.57. The molecule has 1 aliphatic rings. The molecule has 0 aromatic rings. The Balaban J connectivity index is 2.45. The molecule has 1 N–H and O–H groups in total. The Morgan fingerprint density at radius 1 is 1.38 bits per heavy atom. The quantitative estimate of drug-likeness (QED) is 0.811. The molecular weight excluding hydrogens is 224 g/mol. The van der Waals surface area contributed by atoms with E-state index < -0.39 is 9.84 Å². The summed E-state index contributed by atoms with van der Waals surface area (Å²) in [5.74, 6) is 0.398. The first kappa shape index (κ1) is 14.0. The molecule has 0 aliphatic heterocycles. The van der Waals surface area contributed by atoms with Crippen LogP contribution in [0.2, 0.25) is 0 Å². The minimum Gasteiger partial charge on any atom is -0.393 e. The highest BCUT2D eigenvalue weighted by molar-refractivity contribution is 7.91. The fraction of sp³-hybridized carbons (Fsp3) is 1.00. The molecule has 0 aromatic heterocycles. The van der Waals surface area contributed by atoms with Crippen LogP contribution in [0.25, 0.3) is 0 Å². The van der Waals surface area contributed by atoms with E-state index in [9.17, 15) is 13.5 Å². The molecule has 3 nitrogen and oxygen atoms in total. The van der Waals surface area contributed by atoms with Gasteiger partial charge in [0.1, 0.15) is 9.84 Å². The largest absolute Gasteiger partial charge is 0.393 e. The fourth-order valence-electron chi connectivity index (χ4n) is 2.68. The van der Waals surface area contributed by atoms with Crippen LogP contribution in [0.5, 0.6) is 0 Å². The van der Waals surface area contributed by atoms with Crippen molar-refractivity contribution < 1.29 is 13.5 Å². The summed E-state index contributed by atoms with van der Waals surface area (Å²) in [4.78, 5) is 0. The minimum atomic E-state index is -2.89. The zero-order chi connectivity index (χ0) is 12.2. The van der Waals surface area contributed by atoms with Gasteiger partial charge in [-0.1, -0.05) is 26.2 Å². The summed E-state index contributed by atoms with van der Waals surface area (Å²) < 4.78 is 23.0. The summed E-state index contributed by atoms with van der Waals surface area (Å²) in [7, 11) is -2.89. The topological polar surface area (TPSA) is 54.4 Å². The molecule has 0 aromatic carbocycles. The molecule has 16 heavy (non-hydrogen) atoms. The van der Waals surface area contributed by atoms with Gasteiger partial charge in [-0.05, 0) is 31.6 Å². The summed E-state index contributed by atoms with van der Waals surface area (Å²) in [5.41, 5.74) is 0. The second-order valence-corrected chi connectivity index (χ2v) is 7.49. The first-order valence-electron chi connectivity index (χ1n) is 6.30. The van der Waals surface area contributed by atoms with Gasteiger partial charge in [-0.2, -0.15) is 0 Å². The van der Waals surface area contributed by atoms with E-state index in [2.05, 4.69) is 6.92 Å². The Morgan fingerprint density at radius 2 is 2.06 bits per heavy atom. The molecule has 0 saturated heterocycles. The number of aliphatic hydroxyl groups excluding tert-OH is 1. The van der Waals surface area contributed by atoms with E-state index in [4.69, 9.17) is 0 Å². The molecule has 0 radical (unpaired) electrons. The standard InChI is InChI=1S/C12H24O3S/c1-3-5-11(13)8-10-6-4-7-12(9-10)16(2,14)15/h10-13H,3-9H2,1-2H3. The summed E-state index contributed by atoms with van der Waals surface area (Å²) in [6.07, 6.45) is 7.31. The van der Waals surface area contributed by atoms with Crippen LogP contribution in [0.1, 0.15) is 51.9 Å². The van der Waals surface area contributed by atoms with Crippen LogP contribution in [-0.2, 0) is 9.84 Å². The number of rotatable bonds is 5. The normalized spacial score (nSPS) is 28.9. The van der Waals surface area contributed by atoms with Gasteiger partial charge >= 0.3 is 0 Å². The molecule has 0 spiro atoms. The van der Waals surface area contributed by atoms with E-state index in [0.29, 0.717) is 5.92 Å². The van der Waals surface area contributed by atoms with E-state index in [1.807, 2.05) is 0 Å². The lowest BCUT2D eigenvalue weighted by molar-refractivity contribution is 0.121. The van der Waals surface area contributed by atoms with Crippen LogP contribution in [0.3, 0.4) is 0 Å². The Kier molecular flexibility index (Phi) is 5.25. The van der Waals surface area contributed by atoms with Crippen molar-refractivity contribution >= 4 is 9.84 Å². The molecule has 1 saturated carbocycles. The smallest absolute Gasteiger partial charge is 0.150 e. The van der Waals surface area contributed by atoms with Gasteiger partial charge in [-0.3, -0.25) is 0 Å². The third kappa shape index (κ3) is 4.42. The molecule has 1 fully saturated rings. The van der Waals surface area contributed by atoms with Gasteiger partial charge in [-0.25, -0.2) is 8.42 Å². The lowest BCUT2D eigenvalue weighted by atomic mass is 9.84. The molecule has 0 heterocycles. The number of sulfone groups is 1. The van der Waals surface area contributed by atoms with Crippen molar-refractivity contribution in [2.24, 2.45) is 5.92 Å². The van der Waals surface area contributed by atoms with Gasteiger partial charge in [0.2, 0.25) is 0 Å². The van der Waals surface area contributed by atoms with E-state index in [1.54, 1.807) is 0 Å². The highest BCUT2D eigenvalue weighted by Crippen LogP contribution is 2.31. The number of aliphatic hydroxyl groups is 1. The van der Waals surface area contributed by atoms with Crippen molar-refractivity contribution in [2.75, 3.05) is 6.26 Å². The van der Waals surface area contributed by atoms with E-state index in [1.165, 1.54) is 6.26 Å². The molecule has 1 aliphatic carbocycles. The van der Waals surface area contributed by atoms with Crippen LogP contribution < -0.4 is 0 Å². The highest BCUT2D eigenvalue weighted by atomic mass is 32.2. The molecule has 3 unspecified atom stereocenters. The zero-order valence-corrected chi connectivity index (χ0v) is 11.2. The fourth-order valence-corrected chi connectivity index (χ4v) is 3.90. The first-order valence-corrected chi connectivity index (χ1v) is 8.25. The predicted molar refractivity (Wildman–Crippen MR) is 66.1 cm³/mol. The maximum Gasteiger partial charge on any atom is 0.150 e. The van der Waals surface area contributed by atoms with Gasteiger partial charge in [0.05, 0.1) is 11.4 Å². The molecule has 96 valence electrons. The van der Waals surface area contributed by atoms with Crippen molar-refractivity contribution in [1.29, 1.82) is 0 Å². The first-order chi connectivity index (χ1) is 7.43. The maximum absolute atomic E-state index is 11.5. The molecule has 3 atom stereocenters. The number of hydrogen-bond acceptors (Lipinski definition) is 3. The van der Waals surface area contributed by atoms with Gasteiger partial charge in [0.15, 0.2) is 0 Å². The average molecular weight is 248 g/mol. The summed E-state index contributed by atoms with van der Waals surface area (Å²) in [6, 6.07) is 0. The third-order valence-corrected chi connectivity index (χ3v) is 5.21. The average Bonchev–Trinajstić information content (AvgIpc) is 2.17. The maximum atomic E-state index is 11.5. The monoisotopic (exact) mass is 248 g/mol. The van der Waals surface area contributed by atoms with Gasteiger partial charge in [0.25, 0.3) is 0 Å². The van der Waals surface area contributed by atoms with Crippen molar-refractivity contribution in [3.05, 3.63) is 0 Å². The van der Waals surface area contributed by atoms with Gasteiger partial charge < -0.3 is 5.11 Å². The second kappa shape index (κ2) is 6.01. The van der Waals surface area contributed by atoms with Crippen LogP contribution in [0, 0.1) is 5.92 Å². The predicted octanol–water partition coefficient (Wildman–Crippen LogP) is 2.14. The Morgan fingerprint density at radius 3 is 2.62 bits per heavy atom. The van der Waals surface area contributed by atoms with Crippen LogP contribution in [0.15, 0.2) is 0 Å². The summed E-state index contributed by atoms with van der Waals surface area (Å²) in [5, 5.41) is 9.57. The minimum absolute atomic E-state index is 0.167. The van der Waals surface area contributed by atoms with Crippen molar-refractivity contribution in [3.63, 3.8) is 0 Å².